The largest absolute Gasteiger partial charge is 0.550 e. The molecule has 5 rings (SSSR count). The van der Waals surface area contributed by atoms with Gasteiger partial charge in [0.2, 0.25) is 12.7 Å². The van der Waals surface area contributed by atoms with Crippen LogP contribution in [0.2, 0.25) is 0 Å². The fourth-order valence-electron chi connectivity index (χ4n) is 4.04. The first-order chi connectivity index (χ1) is 11.1. The van der Waals surface area contributed by atoms with Crippen molar-refractivity contribution in [1.29, 1.82) is 0 Å². The van der Waals surface area contributed by atoms with Crippen molar-refractivity contribution in [3.63, 3.8) is 0 Å². The Bertz CT molecular complexity index is 774. The summed E-state index contributed by atoms with van der Waals surface area (Å²) in [7, 11) is 0. The second-order valence-corrected chi connectivity index (χ2v) is 6.18. The summed E-state index contributed by atoms with van der Waals surface area (Å²) in [6.45, 7) is 0.437. The minimum absolute atomic E-state index is 0.152. The zero-order valence-electron chi connectivity index (χ0n) is 11.9. The van der Waals surface area contributed by atoms with Gasteiger partial charge in [-0.1, -0.05) is 12.2 Å². The van der Waals surface area contributed by atoms with Crippen molar-refractivity contribution in [3.05, 3.63) is 30.4 Å². The number of amides is 1. The highest BCUT2D eigenvalue weighted by Gasteiger charge is 2.65. The van der Waals surface area contributed by atoms with E-state index in [9.17, 15) is 14.7 Å². The van der Waals surface area contributed by atoms with Crippen LogP contribution in [0.5, 0.6) is 11.5 Å². The molecule has 4 heterocycles. The molecule has 2 fully saturated rings. The van der Waals surface area contributed by atoms with Crippen LogP contribution in [0.4, 0.5) is 5.69 Å². The van der Waals surface area contributed by atoms with Crippen molar-refractivity contribution in [1.82, 2.24) is 0 Å². The predicted octanol–water partition coefficient (Wildman–Crippen LogP) is -0.548. The smallest absolute Gasteiger partial charge is 0.234 e. The van der Waals surface area contributed by atoms with Gasteiger partial charge in [-0.15, -0.1) is 0 Å². The number of anilines is 1. The van der Waals surface area contributed by atoms with Gasteiger partial charge >= 0.3 is 0 Å². The van der Waals surface area contributed by atoms with Gasteiger partial charge in [0.05, 0.1) is 18.6 Å². The molecule has 0 aliphatic carbocycles. The minimum atomic E-state index is -1.24. The fraction of sp³-hybridized carbons (Fsp3) is 0.375. The number of carbonyl (C=O) groups excluding carboxylic acids is 2. The van der Waals surface area contributed by atoms with E-state index in [-0.39, 0.29) is 19.2 Å². The molecule has 4 atom stereocenters. The third-order valence-corrected chi connectivity index (χ3v) is 5.04. The molecule has 0 saturated carbocycles. The van der Waals surface area contributed by atoms with Crippen LogP contribution < -0.4 is 19.5 Å². The van der Waals surface area contributed by atoms with Crippen LogP contribution in [0.15, 0.2) is 30.4 Å². The molecule has 23 heavy (non-hydrogen) atoms. The topological polar surface area (TPSA) is 88.1 Å². The third-order valence-electron chi connectivity index (χ3n) is 5.04. The van der Waals surface area contributed by atoms with Crippen LogP contribution in [-0.2, 0) is 14.3 Å². The molecule has 1 spiro atoms. The first kappa shape index (κ1) is 13.0. The van der Waals surface area contributed by atoms with Gasteiger partial charge in [0.1, 0.15) is 5.60 Å². The molecule has 7 nitrogen and oxygen atoms in total. The monoisotopic (exact) mass is 314 g/mol. The lowest BCUT2D eigenvalue weighted by molar-refractivity contribution is -0.313. The van der Waals surface area contributed by atoms with Crippen LogP contribution in [0, 0.1) is 11.8 Å². The molecule has 0 N–H and O–H groups in total. The quantitative estimate of drug-likeness (QED) is 0.681. The van der Waals surface area contributed by atoms with Crippen molar-refractivity contribution < 1.29 is 28.9 Å². The summed E-state index contributed by atoms with van der Waals surface area (Å²) in [6, 6.07) is 5.22. The summed E-state index contributed by atoms with van der Waals surface area (Å²) >= 11 is 0. The Morgan fingerprint density at radius 3 is 2.96 bits per heavy atom. The van der Waals surface area contributed by atoms with Crippen molar-refractivity contribution in [2.75, 3.05) is 18.2 Å². The van der Waals surface area contributed by atoms with Gasteiger partial charge in [-0.05, 0) is 12.1 Å². The number of rotatable bonds is 2. The molecule has 1 aromatic carbocycles. The lowest BCUT2D eigenvalue weighted by Gasteiger charge is -2.24. The summed E-state index contributed by atoms with van der Waals surface area (Å²) in [5.41, 5.74) is -0.233. The molecular weight excluding hydrogens is 302 g/mol. The van der Waals surface area contributed by atoms with Crippen LogP contribution >= 0.6 is 0 Å². The fourth-order valence-corrected chi connectivity index (χ4v) is 4.04. The number of aliphatic carboxylic acids is 1. The number of hydrogen-bond donors (Lipinski definition) is 0. The van der Waals surface area contributed by atoms with Gasteiger partial charge in [0, 0.05) is 23.6 Å². The number of carboxylic acids is 1. The Hall–Kier alpha value is -2.54. The van der Waals surface area contributed by atoms with E-state index in [1.807, 2.05) is 6.08 Å². The molecule has 4 aliphatic rings. The van der Waals surface area contributed by atoms with Crippen molar-refractivity contribution in [2.45, 2.75) is 11.7 Å². The van der Waals surface area contributed by atoms with Gasteiger partial charge in [-0.25, -0.2) is 0 Å². The average molecular weight is 314 g/mol. The molecular formula is C16H12NO6-. The highest BCUT2D eigenvalue weighted by atomic mass is 16.7. The Kier molecular flexibility index (Phi) is 2.28. The lowest BCUT2D eigenvalue weighted by Crippen LogP contribution is -2.45. The van der Waals surface area contributed by atoms with Crippen LogP contribution in [0.1, 0.15) is 0 Å². The normalized spacial score (nSPS) is 35.9. The van der Waals surface area contributed by atoms with Crippen molar-refractivity contribution >= 4 is 17.6 Å². The third kappa shape index (κ3) is 1.52. The number of ether oxygens (including phenoxy) is 3. The summed E-state index contributed by atoms with van der Waals surface area (Å²) in [4.78, 5) is 25.8. The number of nitrogens with zero attached hydrogens (tertiary/aromatic N) is 1. The van der Waals surface area contributed by atoms with E-state index < -0.39 is 29.5 Å². The SMILES string of the molecule is O=C([O-])[C@H]1[C@@H]2C=C[C@@]3(CN(c4ccc5c(c4)OCO5)C(=O)[C@@H]13)O2. The van der Waals surface area contributed by atoms with Gasteiger partial charge in [0.15, 0.2) is 11.5 Å². The Labute approximate surface area is 131 Å². The van der Waals surface area contributed by atoms with Gasteiger partial charge in [-0.2, -0.15) is 0 Å². The van der Waals surface area contributed by atoms with Crippen LogP contribution in [0.25, 0.3) is 0 Å². The molecule has 0 unspecified atom stereocenters. The van der Waals surface area contributed by atoms with E-state index in [4.69, 9.17) is 14.2 Å². The van der Waals surface area contributed by atoms with Crippen molar-refractivity contribution in [2.24, 2.45) is 11.8 Å². The highest BCUT2D eigenvalue weighted by Crippen LogP contribution is 2.52. The number of carboxylic acid groups (broad SMARTS) is 1. The van der Waals surface area contributed by atoms with E-state index >= 15 is 0 Å². The molecule has 0 aromatic heterocycles. The van der Waals surface area contributed by atoms with E-state index in [0.717, 1.165) is 0 Å². The molecule has 2 bridgehead atoms. The molecule has 4 aliphatic heterocycles. The average Bonchev–Trinajstić information content (AvgIpc) is 3.26. The molecule has 1 amide bonds. The van der Waals surface area contributed by atoms with E-state index in [1.165, 1.54) is 0 Å². The van der Waals surface area contributed by atoms with E-state index in [2.05, 4.69) is 0 Å². The molecule has 0 radical (unpaired) electrons. The standard InChI is InChI=1S/C16H13NO6/c18-14-13-12(15(19)20)10-3-4-16(13,23-10)6-17(14)8-1-2-9-11(5-8)22-7-21-9/h1-5,10,12-13H,6-7H2,(H,19,20)/p-1/t10-,12-,13+,16-/m0/s1. The number of carbonyl (C=O) groups is 2. The minimum Gasteiger partial charge on any atom is -0.550 e. The number of fused-ring (bicyclic) bond motifs is 2. The van der Waals surface area contributed by atoms with Gasteiger partial charge in [0.25, 0.3) is 0 Å². The zero-order chi connectivity index (χ0) is 15.8. The summed E-state index contributed by atoms with van der Waals surface area (Å²) in [6.07, 6.45) is 2.95. The predicted molar refractivity (Wildman–Crippen MR) is 73.6 cm³/mol. The van der Waals surface area contributed by atoms with Gasteiger partial charge < -0.3 is 29.0 Å². The lowest BCUT2D eigenvalue weighted by atomic mass is 9.77. The maximum Gasteiger partial charge on any atom is 0.234 e. The zero-order valence-corrected chi connectivity index (χ0v) is 11.9. The Morgan fingerprint density at radius 1 is 1.30 bits per heavy atom. The van der Waals surface area contributed by atoms with Crippen LogP contribution in [0.3, 0.4) is 0 Å². The van der Waals surface area contributed by atoms with E-state index in [1.54, 1.807) is 29.2 Å². The summed E-state index contributed by atoms with van der Waals surface area (Å²) < 4.78 is 16.4. The van der Waals surface area contributed by atoms with E-state index in [0.29, 0.717) is 17.2 Å². The molecule has 1 aromatic rings. The van der Waals surface area contributed by atoms with Gasteiger partial charge in [-0.3, -0.25) is 4.79 Å². The maximum absolute atomic E-state index is 12.8. The van der Waals surface area contributed by atoms with Crippen LogP contribution in [-0.4, -0.2) is 36.9 Å². The maximum atomic E-state index is 12.8. The summed E-state index contributed by atoms with van der Waals surface area (Å²) in [5, 5.41) is 11.4. The first-order valence-corrected chi connectivity index (χ1v) is 7.38. The number of benzene rings is 1. The first-order valence-electron chi connectivity index (χ1n) is 7.38. The molecule has 118 valence electrons. The second kappa shape index (κ2) is 4.05. The second-order valence-electron chi connectivity index (χ2n) is 6.18. The molecule has 2 saturated heterocycles. The Balaban J connectivity index is 1.54. The number of hydrogen-bond acceptors (Lipinski definition) is 6. The molecule has 7 heteroatoms. The van der Waals surface area contributed by atoms with Crippen molar-refractivity contribution in [3.8, 4) is 11.5 Å². The highest BCUT2D eigenvalue weighted by molar-refractivity contribution is 6.02. The summed E-state index contributed by atoms with van der Waals surface area (Å²) in [5.74, 6) is -1.98. The Morgan fingerprint density at radius 2 is 2.13 bits per heavy atom.